The first-order valence-electron chi connectivity index (χ1n) is 3.20. The topological polar surface area (TPSA) is 62.7 Å². The van der Waals surface area contributed by atoms with E-state index in [0.29, 0.717) is 3.70 Å². The molecule has 1 rings (SSSR count). The zero-order chi connectivity index (χ0) is 10.0. The zero-order valence-corrected chi connectivity index (χ0v) is 8.42. The summed E-state index contributed by atoms with van der Waals surface area (Å²) in [5.74, 6) is -0.279. The van der Waals surface area contributed by atoms with E-state index in [1.165, 1.54) is 6.07 Å². The number of nitrogen functional groups attached to an aromatic ring is 1. The first-order chi connectivity index (χ1) is 6.06. The quantitative estimate of drug-likeness (QED) is 0.637. The molecule has 0 atom stereocenters. The molecule has 0 aliphatic carbocycles. The van der Waals surface area contributed by atoms with E-state index in [0.717, 1.165) is 0 Å². The van der Waals surface area contributed by atoms with Gasteiger partial charge < -0.3 is 5.73 Å². The lowest BCUT2D eigenvalue weighted by Crippen LogP contribution is -2.03. The number of alkyl halides is 2. The molecule has 0 bridgehead atoms. The van der Waals surface area contributed by atoms with Crippen LogP contribution in [0.1, 0.15) is 17.6 Å². The summed E-state index contributed by atoms with van der Waals surface area (Å²) in [6.45, 7) is 0. The van der Waals surface area contributed by atoms with Gasteiger partial charge in [-0.2, -0.15) is 5.26 Å². The summed E-state index contributed by atoms with van der Waals surface area (Å²) < 4.78 is 25.1. The molecule has 0 unspecified atom stereocenters. The lowest BCUT2D eigenvalue weighted by Gasteiger charge is -2.05. The number of hydrogen-bond donors (Lipinski definition) is 1. The maximum absolute atomic E-state index is 12.3. The van der Waals surface area contributed by atoms with E-state index < -0.39 is 12.0 Å². The summed E-state index contributed by atoms with van der Waals surface area (Å²) in [5, 5.41) is 8.55. The van der Waals surface area contributed by atoms with Crippen molar-refractivity contribution in [2.24, 2.45) is 0 Å². The second kappa shape index (κ2) is 3.83. The molecule has 1 heterocycles. The molecule has 0 fully saturated rings. The summed E-state index contributed by atoms with van der Waals surface area (Å²) in [5.41, 5.74) is 4.65. The smallest absolute Gasteiger partial charge is 0.268 e. The molecular weight excluding hydrogens is 291 g/mol. The van der Waals surface area contributed by atoms with Gasteiger partial charge in [-0.25, -0.2) is 13.8 Å². The third-order valence-corrected chi connectivity index (χ3v) is 1.95. The molecule has 0 saturated heterocycles. The van der Waals surface area contributed by atoms with Gasteiger partial charge in [-0.05, 0) is 28.7 Å². The Bertz CT molecular complexity index is 373. The van der Waals surface area contributed by atoms with Gasteiger partial charge in [0.2, 0.25) is 0 Å². The molecule has 0 aliphatic rings. The van der Waals surface area contributed by atoms with E-state index in [-0.39, 0.29) is 11.4 Å². The molecule has 0 saturated carbocycles. The maximum atomic E-state index is 12.3. The van der Waals surface area contributed by atoms with Crippen molar-refractivity contribution in [3.63, 3.8) is 0 Å². The zero-order valence-electron chi connectivity index (χ0n) is 6.26. The molecule has 2 N–H and O–H groups in total. The molecule has 0 radical (unpaired) electrons. The normalized spacial score (nSPS) is 10.1. The molecule has 3 nitrogen and oxygen atoms in total. The molecular formula is C7H4F2IN3. The average molecular weight is 295 g/mol. The van der Waals surface area contributed by atoms with E-state index in [9.17, 15) is 8.78 Å². The molecule has 0 spiro atoms. The number of nitriles is 1. The third-order valence-electron chi connectivity index (χ3n) is 1.40. The van der Waals surface area contributed by atoms with Crippen LogP contribution in [0.15, 0.2) is 6.07 Å². The number of aromatic nitrogens is 1. The molecule has 13 heavy (non-hydrogen) atoms. The van der Waals surface area contributed by atoms with Crippen LogP contribution in [0.2, 0.25) is 0 Å². The minimum absolute atomic E-state index is 0.119. The van der Waals surface area contributed by atoms with E-state index in [1.807, 2.05) is 22.6 Å². The van der Waals surface area contributed by atoms with E-state index in [2.05, 4.69) is 4.98 Å². The maximum Gasteiger partial charge on any atom is 0.268 e. The molecule has 0 aliphatic heterocycles. The van der Waals surface area contributed by atoms with Gasteiger partial charge >= 0.3 is 0 Å². The van der Waals surface area contributed by atoms with E-state index in [1.54, 1.807) is 6.07 Å². The highest BCUT2D eigenvalue weighted by molar-refractivity contribution is 14.1. The predicted molar refractivity (Wildman–Crippen MR) is 51.0 cm³/mol. The van der Waals surface area contributed by atoms with Crippen LogP contribution in [0.5, 0.6) is 0 Å². The molecule has 6 heteroatoms. The second-order valence-electron chi connectivity index (χ2n) is 2.20. The predicted octanol–water partition coefficient (Wildman–Crippen LogP) is 2.08. The van der Waals surface area contributed by atoms with Crippen molar-refractivity contribution in [3.8, 4) is 6.07 Å². The van der Waals surface area contributed by atoms with Gasteiger partial charge in [-0.3, -0.25) is 0 Å². The lowest BCUT2D eigenvalue weighted by molar-refractivity contribution is 0.151. The van der Waals surface area contributed by atoms with Crippen LogP contribution in [-0.4, -0.2) is 4.98 Å². The van der Waals surface area contributed by atoms with Crippen molar-refractivity contribution in [1.29, 1.82) is 5.26 Å². The van der Waals surface area contributed by atoms with Crippen LogP contribution in [0.25, 0.3) is 0 Å². The second-order valence-corrected chi connectivity index (χ2v) is 3.31. The third kappa shape index (κ3) is 2.03. The SMILES string of the molecule is N#Cc1cc(I)nc(N)c1C(F)F. The van der Waals surface area contributed by atoms with Crippen LogP contribution in [0.4, 0.5) is 14.6 Å². The summed E-state index contributed by atoms with van der Waals surface area (Å²) in [4.78, 5) is 3.64. The summed E-state index contributed by atoms with van der Waals surface area (Å²) in [7, 11) is 0. The fourth-order valence-electron chi connectivity index (χ4n) is 0.864. The largest absolute Gasteiger partial charge is 0.383 e. The van der Waals surface area contributed by atoms with E-state index in [4.69, 9.17) is 11.0 Å². The molecule has 68 valence electrons. The highest BCUT2D eigenvalue weighted by Crippen LogP contribution is 2.27. The molecule has 0 aromatic carbocycles. The van der Waals surface area contributed by atoms with Gasteiger partial charge in [-0.1, -0.05) is 0 Å². The number of pyridine rings is 1. The van der Waals surface area contributed by atoms with Crippen molar-refractivity contribution in [2.45, 2.75) is 6.43 Å². The Balaban J connectivity index is 3.41. The Kier molecular flexibility index (Phi) is 2.98. The van der Waals surface area contributed by atoms with Crippen molar-refractivity contribution in [2.75, 3.05) is 5.73 Å². The van der Waals surface area contributed by atoms with Crippen molar-refractivity contribution in [3.05, 3.63) is 20.9 Å². The van der Waals surface area contributed by atoms with Gasteiger partial charge in [0.15, 0.2) is 0 Å². The lowest BCUT2D eigenvalue weighted by atomic mass is 10.1. The minimum Gasteiger partial charge on any atom is -0.383 e. The Morgan fingerprint density at radius 2 is 2.23 bits per heavy atom. The molecule has 1 aromatic rings. The summed E-state index contributed by atoms with van der Waals surface area (Å²) in [6.07, 6.45) is -2.76. The van der Waals surface area contributed by atoms with Crippen molar-refractivity contribution >= 4 is 28.4 Å². The monoisotopic (exact) mass is 295 g/mol. The number of rotatable bonds is 1. The fourth-order valence-corrected chi connectivity index (χ4v) is 1.44. The van der Waals surface area contributed by atoms with Crippen LogP contribution in [-0.2, 0) is 0 Å². The molecule has 0 amide bonds. The Morgan fingerprint density at radius 3 is 2.69 bits per heavy atom. The van der Waals surface area contributed by atoms with Crippen LogP contribution >= 0.6 is 22.6 Å². The van der Waals surface area contributed by atoms with Gasteiger partial charge in [0.1, 0.15) is 9.52 Å². The van der Waals surface area contributed by atoms with Crippen molar-refractivity contribution in [1.82, 2.24) is 4.98 Å². The molecule has 1 aromatic heterocycles. The van der Waals surface area contributed by atoms with Crippen molar-refractivity contribution < 1.29 is 8.78 Å². The number of nitrogens with zero attached hydrogens (tertiary/aromatic N) is 2. The Hall–Kier alpha value is -0.970. The van der Waals surface area contributed by atoms with Gasteiger partial charge in [-0.15, -0.1) is 0 Å². The number of nitrogens with two attached hydrogens (primary N) is 1. The number of halogens is 3. The number of anilines is 1. The summed E-state index contributed by atoms with van der Waals surface area (Å²) >= 11 is 1.81. The van der Waals surface area contributed by atoms with Gasteiger partial charge in [0, 0.05) is 0 Å². The van der Waals surface area contributed by atoms with Crippen LogP contribution < -0.4 is 5.73 Å². The van der Waals surface area contributed by atoms with E-state index >= 15 is 0 Å². The van der Waals surface area contributed by atoms with Gasteiger partial charge in [0.05, 0.1) is 17.2 Å². The first kappa shape index (κ1) is 10.1. The Morgan fingerprint density at radius 1 is 1.62 bits per heavy atom. The highest BCUT2D eigenvalue weighted by atomic mass is 127. The summed E-state index contributed by atoms with van der Waals surface area (Å²) in [6, 6.07) is 2.93. The van der Waals surface area contributed by atoms with Crippen LogP contribution in [0, 0.1) is 15.0 Å². The minimum atomic E-state index is -2.76. The standard InChI is InChI=1S/C7H4F2IN3/c8-6(9)5-3(2-11)1-4(10)13-7(5)12/h1,6H,(H2,12,13). The highest BCUT2D eigenvalue weighted by Gasteiger charge is 2.18. The van der Waals surface area contributed by atoms with Crippen LogP contribution in [0.3, 0.4) is 0 Å². The first-order valence-corrected chi connectivity index (χ1v) is 4.28. The number of hydrogen-bond acceptors (Lipinski definition) is 3. The van der Waals surface area contributed by atoms with Gasteiger partial charge in [0.25, 0.3) is 6.43 Å². The fraction of sp³-hybridized carbons (Fsp3) is 0.143. The average Bonchev–Trinajstić information content (AvgIpc) is 2.01. The Labute approximate surface area is 86.7 Å².